The average Bonchev–Trinajstić information content (AvgIpc) is 2.88. The van der Waals surface area contributed by atoms with E-state index in [9.17, 15) is 29.7 Å². The zero-order valence-corrected chi connectivity index (χ0v) is 26.3. The number of allylic oxidation sites excluding steroid dienone is 2. The van der Waals surface area contributed by atoms with Gasteiger partial charge in [0, 0.05) is 0 Å². The van der Waals surface area contributed by atoms with Gasteiger partial charge in [0.15, 0.2) is 0 Å². The molecule has 0 spiro atoms. The Morgan fingerprint density at radius 1 is 0.927 bits per heavy atom. The first-order chi connectivity index (χ1) is 19.0. The number of carbonyl (C=O) groups excluding carboxylic acids is 1. The number of carbonyl (C=O) groups is 3. The number of carboxylic acids is 2. The van der Waals surface area contributed by atoms with Crippen LogP contribution in [0, 0.1) is 56.7 Å². The Morgan fingerprint density at radius 3 is 2.24 bits per heavy atom. The van der Waals surface area contributed by atoms with Crippen LogP contribution in [-0.2, 0) is 14.4 Å². The molecule has 0 bridgehead atoms. The molecule has 0 aliphatic heterocycles. The number of rotatable bonds is 5. The van der Waals surface area contributed by atoms with Gasteiger partial charge in [0.05, 0.1) is 17.9 Å². The monoisotopic (exact) mass is 571 g/mol. The highest BCUT2D eigenvalue weighted by atomic mass is 16.4. The number of aliphatic hydroxyl groups is 1. The summed E-state index contributed by atoms with van der Waals surface area (Å²) < 4.78 is 0. The van der Waals surface area contributed by atoms with E-state index < -0.39 is 29.8 Å². The van der Waals surface area contributed by atoms with E-state index in [2.05, 4.69) is 59.9 Å². The lowest BCUT2D eigenvalue weighted by Gasteiger charge is -2.71. The van der Waals surface area contributed by atoms with Crippen LogP contribution in [0.4, 0.5) is 0 Å². The molecule has 0 aromatic rings. The Bertz CT molecular complexity index is 1150. The van der Waals surface area contributed by atoms with E-state index in [-0.39, 0.29) is 45.5 Å². The molecule has 4 N–H and O–H groups in total. The molecule has 4 fully saturated rings. The van der Waals surface area contributed by atoms with Crippen LogP contribution in [-0.4, -0.2) is 45.3 Å². The molecule has 0 aromatic heterocycles. The standard InChI is InChI=1S/C34H53NO6/c1-19-10-15-34(29(41)35-22(28(39)40)18-26(37)38)17-16-32(6)21(27(34)20(19)2)8-9-24-31(5)13-12-25(36)30(3,4)23(31)11-14-33(24,32)7/h8,19-20,22-25,27,36H,9-18H2,1-7H3,(H,35,41)(H,37,38)(H,39,40)/t19-,20+,22?,23+,24-,25+,27+,31+,32-,33-,34+/m1/s1. The molecule has 11 atom stereocenters. The molecule has 1 unspecified atom stereocenters. The molecule has 0 saturated heterocycles. The summed E-state index contributed by atoms with van der Waals surface area (Å²) in [4.78, 5) is 37.5. The van der Waals surface area contributed by atoms with Crippen LogP contribution in [0.15, 0.2) is 11.6 Å². The van der Waals surface area contributed by atoms with E-state index in [0.29, 0.717) is 30.6 Å². The highest BCUT2D eigenvalue weighted by molar-refractivity contribution is 5.90. The first-order valence-electron chi connectivity index (χ1n) is 16.1. The van der Waals surface area contributed by atoms with Crippen molar-refractivity contribution in [1.29, 1.82) is 0 Å². The van der Waals surface area contributed by atoms with Gasteiger partial charge in [-0.05, 0) is 109 Å². The molecule has 1 amide bonds. The Morgan fingerprint density at radius 2 is 1.61 bits per heavy atom. The molecular weight excluding hydrogens is 518 g/mol. The highest BCUT2D eigenvalue weighted by Crippen LogP contribution is 2.75. The zero-order valence-electron chi connectivity index (χ0n) is 26.3. The van der Waals surface area contributed by atoms with Crippen molar-refractivity contribution in [2.45, 2.75) is 125 Å². The van der Waals surface area contributed by atoms with Crippen LogP contribution < -0.4 is 5.32 Å². The van der Waals surface area contributed by atoms with E-state index in [0.717, 1.165) is 44.9 Å². The van der Waals surface area contributed by atoms with Gasteiger partial charge in [0.1, 0.15) is 6.04 Å². The lowest BCUT2D eigenvalue weighted by molar-refractivity contribution is -0.204. The van der Waals surface area contributed by atoms with Crippen LogP contribution in [0.5, 0.6) is 0 Å². The number of carboxylic acid groups (broad SMARTS) is 2. The van der Waals surface area contributed by atoms with Crippen molar-refractivity contribution in [2.24, 2.45) is 56.7 Å². The van der Waals surface area contributed by atoms with Crippen LogP contribution in [0.2, 0.25) is 0 Å². The number of nitrogens with one attached hydrogen (secondary N) is 1. The van der Waals surface area contributed by atoms with Crippen molar-refractivity contribution in [3.05, 3.63) is 11.6 Å². The molecule has 0 heterocycles. The van der Waals surface area contributed by atoms with Crippen molar-refractivity contribution in [3.8, 4) is 0 Å². The summed E-state index contributed by atoms with van der Waals surface area (Å²) in [6.45, 7) is 16.5. The quantitative estimate of drug-likeness (QED) is 0.298. The maximum Gasteiger partial charge on any atom is 0.326 e. The van der Waals surface area contributed by atoms with Crippen LogP contribution >= 0.6 is 0 Å². The number of aliphatic hydroxyl groups excluding tert-OH is 1. The van der Waals surface area contributed by atoms with E-state index in [1.54, 1.807) is 0 Å². The molecule has 4 saturated carbocycles. The van der Waals surface area contributed by atoms with Crippen LogP contribution in [0.3, 0.4) is 0 Å². The maximum atomic E-state index is 14.2. The summed E-state index contributed by atoms with van der Waals surface area (Å²) >= 11 is 0. The third-order valence-corrected chi connectivity index (χ3v) is 14.4. The first kappa shape index (κ1) is 30.6. The van der Waals surface area contributed by atoms with Gasteiger partial charge in [0.2, 0.25) is 5.91 Å². The lowest BCUT2D eigenvalue weighted by atomic mass is 9.33. The van der Waals surface area contributed by atoms with Gasteiger partial charge in [-0.2, -0.15) is 0 Å². The van der Waals surface area contributed by atoms with Gasteiger partial charge >= 0.3 is 11.9 Å². The largest absolute Gasteiger partial charge is 0.481 e. The van der Waals surface area contributed by atoms with Gasteiger partial charge < -0.3 is 20.6 Å². The van der Waals surface area contributed by atoms with Crippen LogP contribution in [0.25, 0.3) is 0 Å². The summed E-state index contributed by atoms with van der Waals surface area (Å²) in [6, 6.07) is -1.43. The molecule has 5 aliphatic rings. The van der Waals surface area contributed by atoms with E-state index in [1.165, 1.54) is 5.57 Å². The molecule has 5 aliphatic carbocycles. The molecule has 0 radical (unpaired) electrons. The Labute approximate surface area is 245 Å². The van der Waals surface area contributed by atoms with Gasteiger partial charge in [-0.25, -0.2) is 4.79 Å². The van der Waals surface area contributed by atoms with E-state index in [4.69, 9.17) is 0 Å². The summed E-state index contributed by atoms with van der Waals surface area (Å²) in [5, 5.41) is 32.7. The Balaban J connectivity index is 1.55. The smallest absolute Gasteiger partial charge is 0.326 e. The van der Waals surface area contributed by atoms with Crippen LogP contribution in [0.1, 0.15) is 113 Å². The summed E-state index contributed by atoms with van der Waals surface area (Å²) in [5.74, 6) is -1.12. The lowest BCUT2D eigenvalue weighted by Crippen LogP contribution is -2.66. The van der Waals surface area contributed by atoms with Gasteiger partial charge in [-0.15, -0.1) is 0 Å². The molecule has 7 heteroatoms. The second-order valence-corrected chi connectivity index (χ2v) is 16.1. The third kappa shape index (κ3) is 4.17. The number of fused-ring (bicyclic) bond motifs is 7. The van der Waals surface area contributed by atoms with Crippen molar-refractivity contribution in [1.82, 2.24) is 5.32 Å². The molecule has 41 heavy (non-hydrogen) atoms. The minimum absolute atomic E-state index is 0.0113. The Hall–Kier alpha value is -1.89. The first-order valence-corrected chi connectivity index (χ1v) is 16.1. The predicted octanol–water partition coefficient (Wildman–Crippen LogP) is 6.05. The molecular formula is C34H53NO6. The van der Waals surface area contributed by atoms with E-state index in [1.807, 2.05) is 0 Å². The topological polar surface area (TPSA) is 124 Å². The second kappa shape index (κ2) is 9.82. The summed E-state index contributed by atoms with van der Waals surface area (Å²) in [6.07, 6.45) is 9.87. The van der Waals surface area contributed by atoms with Crippen molar-refractivity contribution in [3.63, 3.8) is 0 Å². The molecule has 5 rings (SSSR count). The van der Waals surface area contributed by atoms with Crippen molar-refractivity contribution < 1.29 is 29.7 Å². The van der Waals surface area contributed by atoms with Gasteiger partial charge in [-0.3, -0.25) is 9.59 Å². The molecule has 7 nitrogen and oxygen atoms in total. The van der Waals surface area contributed by atoms with Crippen molar-refractivity contribution in [2.75, 3.05) is 0 Å². The minimum atomic E-state index is -1.43. The Kier molecular flexibility index (Phi) is 7.32. The fourth-order valence-electron chi connectivity index (χ4n) is 11.5. The number of hydrogen-bond acceptors (Lipinski definition) is 4. The summed E-state index contributed by atoms with van der Waals surface area (Å²) in [7, 11) is 0. The van der Waals surface area contributed by atoms with E-state index >= 15 is 0 Å². The minimum Gasteiger partial charge on any atom is -0.481 e. The maximum absolute atomic E-state index is 14.2. The fraction of sp³-hybridized carbons (Fsp3) is 0.853. The highest BCUT2D eigenvalue weighted by Gasteiger charge is 2.69. The fourth-order valence-corrected chi connectivity index (χ4v) is 11.5. The normalized spacial score (nSPS) is 47.4. The van der Waals surface area contributed by atoms with Crippen molar-refractivity contribution >= 4 is 17.8 Å². The molecule has 0 aromatic carbocycles. The zero-order chi connectivity index (χ0) is 30.3. The average molecular weight is 572 g/mol. The molecule has 230 valence electrons. The number of hydrogen-bond donors (Lipinski definition) is 4. The number of aliphatic carboxylic acids is 2. The SMILES string of the molecule is C[C@H]1[C@H](C)CC[C@]2(C(=O)NC(CC(=O)O)C(=O)O)CC[C@]3(C)C(=CC[C@@H]4[C@@]5(C)CC[C@H](O)C(C)(C)[C@@H]5CC[C@]43C)[C@H]12. The predicted molar refractivity (Wildman–Crippen MR) is 157 cm³/mol. The third-order valence-electron chi connectivity index (χ3n) is 14.4. The summed E-state index contributed by atoms with van der Waals surface area (Å²) in [5.41, 5.74) is 0.713. The van der Waals surface area contributed by atoms with Gasteiger partial charge in [0.25, 0.3) is 0 Å². The number of amides is 1. The second-order valence-electron chi connectivity index (χ2n) is 16.1. The van der Waals surface area contributed by atoms with Gasteiger partial charge in [-0.1, -0.05) is 60.1 Å².